The predicted molar refractivity (Wildman–Crippen MR) is 248 cm³/mol. The van der Waals surface area contributed by atoms with Gasteiger partial charge in [-0.15, -0.1) is 0 Å². The van der Waals surface area contributed by atoms with Crippen molar-refractivity contribution in [3.05, 3.63) is 48.0 Å². The molecule has 368 valence electrons. The number of nitrogens with one attached hydrogen (secondary N) is 2. The molecule has 0 spiro atoms. The van der Waals surface area contributed by atoms with E-state index in [1.54, 1.807) is 55.1 Å². The molecule has 0 radical (unpaired) electrons. The molecule has 7 amide bonds. The summed E-state index contributed by atoms with van der Waals surface area (Å²) >= 11 is 0. The molecule has 1 saturated heterocycles. The van der Waals surface area contributed by atoms with E-state index in [1.807, 2.05) is 47.6 Å². The van der Waals surface area contributed by atoms with Crippen LogP contribution in [-0.4, -0.2) is 156 Å². The Morgan fingerprint density at radius 1 is 0.833 bits per heavy atom. The van der Waals surface area contributed by atoms with Crippen molar-refractivity contribution in [1.82, 2.24) is 30.2 Å². The molecule has 0 aromatic heterocycles. The predicted octanol–water partition coefficient (Wildman–Crippen LogP) is 3.83. The van der Waals surface area contributed by atoms with Gasteiger partial charge in [-0.3, -0.25) is 38.5 Å². The lowest BCUT2D eigenvalue weighted by Crippen LogP contribution is -2.60. The van der Waals surface area contributed by atoms with Crippen LogP contribution >= 0.6 is 0 Å². The summed E-state index contributed by atoms with van der Waals surface area (Å²) in [6, 6.07) is 4.97. The minimum atomic E-state index is -1.16. The first-order valence-corrected chi connectivity index (χ1v) is 23.5. The molecule has 1 aromatic rings. The first kappa shape index (κ1) is 55.2. The maximum Gasteiger partial charge on any atom is 0.326 e. The molecule has 2 aliphatic rings. The number of carboxylic acid groups (broad SMARTS) is 1. The SMILES string of the molecule is CC[C@H](C)C([C@@H](CC(=O)N1CCCC1[C@@H](OC)[C@H](C)C(=O)N[C@@H](Cc1ccccc1)C(=O)O)OC)N(C)C(=O)[C@@H](NC(=O)[C@H](C(C)C)N(C)C(=O)CCCCCN1C(=O)C=CC1=O)C(C)C. The number of carboxylic acids is 1. The average molecular weight is 925 g/mol. The topological polar surface area (TPSA) is 212 Å². The Bertz CT molecular complexity index is 1840. The molecular formula is C49H76N6O11. The Balaban J connectivity index is 1.71. The number of hydrogen-bond donors (Lipinski definition) is 3. The van der Waals surface area contributed by atoms with Crippen LogP contribution in [0.3, 0.4) is 0 Å². The number of methoxy groups -OCH3 is 2. The quantitative estimate of drug-likeness (QED) is 0.0853. The van der Waals surface area contributed by atoms with E-state index >= 15 is 0 Å². The van der Waals surface area contributed by atoms with Crippen LogP contribution in [0.2, 0.25) is 0 Å². The molecule has 17 heteroatoms. The Morgan fingerprint density at radius 3 is 2.02 bits per heavy atom. The van der Waals surface area contributed by atoms with Gasteiger partial charge in [0.15, 0.2) is 0 Å². The van der Waals surface area contributed by atoms with Crippen molar-refractivity contribution in [2.75, 3.05) is 41.4 Å². The van der Waals surface area contributed by atoms with Gasteiger partial charge in [0, 0.05) is 66.4 Å². The minimum absolute atomic E-state index is 0.0818. The number of aliphatic carboxylic acids is 1. The highest BCUT2D eigenvalue weighted by Gasteiger charge is 2.44. The van der Waals surface area contributed by atoms with Gasteiger partial charge in [-0.1, -0.05) is 91.6 Å². The normalized spacial score (nSPS) is 18.7. The molecule has 17 nitrogen and oxygen atoms in total. The Hall–Kier alpha value is -5.16. The second kappa shape index (κ2) is 26.2. The van der Waals surface area contributed by atoms with Gasteiger partial charge in [-0.25, -0.2) is 4.79 Å². The van der Waals surface area contributed by atoms with Crippen LogP contribution in [0.5, 0.6) is 0 Å². The number of carbonyl (C=O) groups excluding carboxylic acids is 7. The van der Waals surface area contributed by atoms with Crippen molar-refractivity contribution < 1.29 is 52.9 Å². The molecule has 0 saturated carbocycles. The molecule has 3 N–H and O–H groups in total. The van der Waals surface area contributed by atoms with E-state index < -0.39 is 66.1 Å². The van der Waals surface area contributed by atoms with Gasteiger partial charge in [-0.05, 0) is 49.0 Å². The van der Waals surface area contributed by atoms with Gasteiger partial charge in [0.25, 0.3) is 11.8 Å². The van der Waals surface area contributed by atoms with Gasteiger partial charge in [0.2, 0.25) is 29.5 Å². The van der Waals surface area contributed by atoms with Crippen LogP contribution in [0.25, 0.3) is 0 Å². The summed E-state index contributed by atoms with van der Waals surface area (Å²) in [6.45, 7) is 13.6. The van der Waals surface area contributed by atoms with Crippen LogP contribution in [0.1, 0.15) is 105 Å². The Morgan fingerprint density at radius 2 is 1.47 bits per heavy atom. The molecule has 0 aliphatic carbocycles. The smallest absolute Gasteiger partial charge is 0.326 e. The highest BCUT2D eigenvalue weighted by atomic mass is 16.5. The first-order chi connectivity index (χ1) is 31.2. The fourth-order valence-electron chi connectivity index (χ4n) is 9.26. The van der Waals surface area contributed by atoms with Gasteiger partial charge in [-0.2, -0.15) is 0 Å². The number of unbranched alkanes of at least 4 members (excludes halogenated alkanes) is 2. The molecule has 2 unspecified atom stereocenters. The van der Waals surface area contributed by atoms with E-state index in [0.717, 1.165) is 5.56 Å². The van der Waals surface area contributed by atoms with E-state index in [4.69, 9.17) is 9.47 Å². The maximum atomic E-state index is 14.6. The van der Waals surface area contributed by atoms with Crippen molar-refractivity contribution >= 4 is 47.3 Å². The lowest BCUT2D eigenvalue weighted by atomic mass is 9.89. The molecule has 3 rings (SSSR count). The number of likely N-dealkylation sites (tertiary alicyclic amines) is 1. The second-order valence-corrected chi connectivity index (χ2v) is 18.6. The monoisotopic (exact) mass is 925 g/mol. The molecule has 1 fully saturated rings. The number of likely N-dealkylation sites (N-methyl/N-ethyl adjacent to an activating group) is 2. The Labute approximate surface area is 391 Å². The third kappa shape index (κ3) is 14.7. The van der Waals surface area contributed by atoms with Crippen molar-refractivity contribution in [2.24, 2.45) is 23.7 Å². The number of ether oxygens (including phenoxy) is 2. The molecular weight excluding hydrogens is 849 g/mol. The van der Waals surface area contributed by atoms with E-state index in [2.05, 4.69) is 10.6 Å². The molecule has 9 atom stereocenters. The summed E-state index contributed by atoms with van der Waals surface area (Å²) in [7, 11) is 6.21. The summed E-state index contributed by atoms with van der Waals surface area (Å²) in [5, 5.41) is 15.6. The van der Waals surface area contributed by atoms with Gasteiger partial charge >= 0.3 is 5.97 Å². The zero-order valence-corrected chi connectivity index (χ0v) is 41.0. The number of amides is 7. The van der Waals surface area contributed by atoms with Gasteiger partial charge in [0.05, 0.1) is 36.6 Å². The van der Waals surface area contributed by atoms with Crippen molar-refractivity contribution in [3.63, 3.8) is 0 Å². The molecule has 0 bridgehead atoms. The van der Waals surface area contributed by atoms with Crippen LogP contribution in [0, 0.1) is 23.7 Å². The average Bonchev–Trinajstić information content (AvgIpc) is 3.89. The number of imide groups is 1. The number of hydrogen-bond acceptors (Lipinski definition) is 10. The van der Waals surface area contributed by atoms with E-state index in [9.17, 15) is 43.5 Å². The zero-order valence-electron chi connectivity index (χ0n) is 41.0. The summed E-state index contributed by atoms with van der Waals surface area (Å²) < 4.78 is 11.9. The third-order valence-corrected chi connectivity index (χ3v) is 13.3. The van der Waals surface area contributed by atoms with Crippen molar-refractivity contribution in [3.8, 4) is 0 Å². The summed E-state index contributed by atoms with van der Waals surface area (Å²) in [6.07, 6.45) is 4.72. The van der Waals surface area contributed by atoms with Crippen molar-refractivity contribution in [1.29, 1.82) is 0 Å². The highest BCUT2D eigenvalue weighted by Crippen LogP contribution is 2.30. The number of nitrogens with zero attached hydrogens (tertiary/aromatic N) is 4. The van der Waals surface area contributed by atoms with Crippen LogP contribution in [0.15, 0.2) is 42.5 Å². The van der Waals surface area contributed by atoms with E-state index in [0.29, 0.717) is 45.1 Å². The lowest BCUT2D eigenvalue weighted by molar-refractivity contribution is -0.149. The zero-order chi connectivity index (χ0) is 49.4. The molecule has 1 aromatic carbocycles. The van der Waals surface area contributed by atoms with Crippen LogP contribution in [-0.2, 0) is 54.3 Å². The van der Waals surface area contributed by atoms with E-state index in [1.165, 1.54) is 36.2 Å². The third-order valence-electron chi connectivity index (χ3n) is 13.3. The van der Waals surface area contributed by atoms with Crippen LogP contribution in [0.4, 0.5) is 0 Å². The molecule has 2 aliphatic heterocycles. The standard InChI is InChI=1S/C49H76N6O11/c1-12-32(6)44(37(65-10)29-41(59)54-27-19-22-36(54)45(66-11)33(7)46(60)50-35(49(63)64)28-34-20-15-13-16-21-34)53(9)48(62)42(30(2)3)51-47(61)43(31(4)5)52(8)38(56)23-17-14-18-26-55-39(57)24-25-40(55)58/h13,15-16,20-21,24-25,30-33,35-37,42-45H,12,14,17-19,22-23,26-29H2,1-11H3,(H,50,60)(H,51,61)(H,63,64)/t32-,33-,35-,36?,37+,42-,43-,44?,45-/m0/s1. The second-order valence-electron chi connectivity index (χ2n) is 18.6. The summed E-state index contributed by atoms with van der Waals surface area (Å²) in [4.78, 5) is 112. The van der Waals surface area contributed by atoms with Crippen molar-refractivity contribution in [2.45, 2.75) is 149 Å². The van der Waals surface area contributed by atoms with Crippen LogP contribution < -0.4 is 10.6 Å². The summed E-state index contributed by atoms with van der Waals surface area (Å²) in [5.74, 6) is -5.24. The molecule has 2 heterocycles. The number of carbonyl (C=O) groups is 8. The maximum absolute atomic E-state index is 14.6. The summed E-state index contributed by atoms with van der Waals surface area (Å²) in [5.41, 5.74) is 0.762. The van der Waals surface area contributed by atoms with E-state index in [-0.39, 0.29) is 73.1 Å². The number of rotatable bonds is 27. The van der Waals surface area contributed by atoms with Gasteiger partial charge < -0.3 is 39.9 Å². The number of benzene rings is 1. The molecule has 66 heavy (non-hydrogen) atoms. The van der Waals surface area contributed by atoms with Gasteiger partial charge in [0.1, 0.15) is 18.1 Å². The first-order valence-electron chi connectivity index (χ1n) is 23.5. The Kier molecular flexibility index (Phi) is 21.9. The fourth-order valence-corrected chi connectivity index (χ4v) is 9.26. The highest BCUT2D eigenvalue weighted by molar-refractivity contribution is 6.12. The minimum Gasteiger partial charge on any atom is -0.480 e. The fraction of sp³-hybridized carbons (Fsp3) is 0.673. The largest absolute Gasteiger partial charge is 0.480 e. The lowest BCUT2D eigenvalue weighted by Gasteiger charge is -2.41.